The summed E-state index contributed by atoms with van der Waals surface area (Å²) in [5.74, 6) is 0.153. The number of nitrogens with zero attached hydrogens (tertiary/aromatic N) is 2. The molecule has 1 aromatic heterocycles. The van der Waals surface area contributed by atoms with Crippen molar-refractivity contribution in [1.82, 2.24) is 20.7 Å². The smallest absolute Gasteiger partial charge is 0.241 e. The van der Waals surface area contributed by atoms with Crippen LogP contribution in [-0.4, -0.2) is 41.5 Å². The topological polar surface area (TPSA) is 66.5 Å². The number of nitrogens with one attached hydrogen (secondary N) is 2. The van der Waals surface area contributed by atoms with Gasteiger partial charge in [0.05, 0.1) is 6.04 Å². The van der Waals surface area contributed by atoms with E-state index in [2.05, 4.69) is 15.8 Å². The molecule has 1 amide bonds. The summed E-state index contributed by atoms with van der Waals surface area (Å²) in [6, 6.07) is 13.7. The SMILES string of the molecule is CN(Cc1cccc2cnccc12)C(=O)C1CC(COc2cccc(F)c2)NN1. The number of fused-ring (bicyclic) bond motifs is 1. The molecule has 3 aromatic rings. The average Bonchev–Trinajstić information content (AvgIpc) is 3.21. The molecule has 1 aliphatic rings. The van der Waals surface area contributed by atoms with Gasteiger partial charge in [0.2, 0.25) is 5.91 Å². The quantitative estimate of drug-likeness (QED) is 0.673. The maximum Gasteiger partial charge on any atom is 0.241 e. The molecule has 6 nitrogen and oxygen atoms in total. The number of hydrogen-bond donors (Lipinski definition) is 2. The number of amides is 1. The summed E-state index contributed by atoms with van der Waals surface area (Å²) in [6.07, 6.45) is 4.18. The second-order valence-corrected chi connectivity index (χ2v) is 7.25. The first kappa shape index (κ1) is 19.3. The van der Waals surface area contributed by atoms with E-state index in [1.54, 1.807) is 30.3 Å². The fourth-order valence-electron chi connectivity index (χ4n) is 3.57. The van der Waals surface area contributed by atoms with Crippen LogP contribution in [0.3, 0.4) is 0 Å². The van der Waals surface area contributed by atoms with E-state index < -0.39 is 0 Å². The van der Waals surface area contributed by atoms with Crippen LogP contribution in [0.1, 0.15) is 12.0 Å². The molecule has 0 bridgehead atoms. The van der Waals surface area contributed by atoms with E-state index in [0.29, 0.717) is 25.3 Å². The summed E-state index contributed by atoms with van der Waals surface area (Å²) < 4.78 is 18.9. The van der Waals surface area contributed by atoms with Gasteiger partial charge < -0.3 is 9.64 Å². The summed E-state index contributed by atoms with van der Waals surface area (Å²) in [6.45, 7) is 0.864. The zero-order chi connectivity index (χ0) is 20.2. The molecule has 2 N–H and O–H groups in total. The third-order valence-corrected chi connectivity index (χ3v) is 5.08. The van der Waals surface area contributed by atoms with Crippen LogP contribution in [-0.2, 0) is 11.3 Å². The van der Waals surface area contributed by atoms with Gasteiger partial charge in [0.25, 0.3) is 0 Å². The number of hydrazine groups is 1. The number of carbonyl (C=O) groups is 1. The summed E-state index contributed by atoms with van der Waals surface area (Å²) >= 11 is 0. The highest BCUT2D eigenvalue weighted by molar-refractivity contribution is 5.86. The highest BCUT2D eigenvalue weighted by atomic mass is 19.1. The van der Waals surface area contributed by atoms with E-state index in [1.165, 1.54) is 12.1 Å². The monoisotopic (exact) mass is 394 g/mol. The van der Waals surface area contributed by atoms with E-state index in [1.807, 2.05) is 30.5 Å². The minimum absolute atomic E-state index is 0.0109. The van der Waals surface area contributed by atoms with Crippen molar-refractivity contribution in [3.63, 3.8) is 0 Å². The van der Waals surface area contributed by atoms with Crippen LogP contribution in [0.5, 0.6) is 5.75 Å². The van der Waals surface area contributed by atoms with Gasteiger partial charge in [-0.1, -0.05) is 24.3 Å². The van der Waals surface area contributed by atoms with Gasteiger partial charge in [0.15, 0.2) is 0 Å². The van der Waals surface area contributed by atoms with Gasteiger partial charge >= 0.3 is 0 Å². The number of hydrogen-bond acceptors (Lipinski definition) is 5. The fourth-order valence-corrected chi connectivity index (χ4v) is 3.57. The van der Waals surface area contributed by atoms with Crippen LogP contribution in [0.25, 0.3) is 10.8 Å². The maximum absolute atomic E-state index is 13.2. The van der Waals surface area contributed by atoms with Crippen molar-refractivity contribution < 1.29 is 13.9 Å². The summed E-state index contributed by atoms with van der Waals surface area (Å²) in [5, 5.41) is 2.15. The normalized spacial score (nSPS) is 18.7. The van der Waals surface area contributed by atoms with E-state index in [4.69, 9.17) is 4.74 Å². The van der Waals surface area contributed by atoms with E-state index in [-0.39, 0.29) is 23.8 Å². The van der Waals surface area contributed by atoms with Crippen LogP contribution < -0.4 is 15.6 Å². The number of pyridine rings is 1. The molecular weight excluding hydrogens is 371 g/mol. The Labute approximate surface area is 168 Å². The number of carbonyl (C=O) groups excluding carboxylic acids is 1. The highest BCUT2D eigenvalue weighted by Gasteiger charge is 2.31. The lowest BCUT2D eigenvalue weighted by molar-refractivity contribution is -0.132. The molecule has 0 radical (unpaired) electrons. The van der Waals surface area contributed by atoms with Crippen LogP contribution in [0.4, 0.5) is 4.39 Å². The van der Waals surface area contributed by atoms with Crippen LogP contribution in [0, 0.1) is 5.82 Å². The molecular formula is C22H23FN4O2. The first-order chi connectivity index (χ1) is 14.1. The lowest BCUT2D eigenvalue weighted by Gasteiger charge is -2.21. The zero-order valence-corrected chi connectivity index (χ0v) is 16.1. The molecule has 29 heavy (non-hydrogen) atoms. The lowest BCUT2D eigenvalue weighted by Crippen LogP contribution is -2.44. The molecule has 0 aliphatic carbocycles. The second-order valence-electron chi connectivity index (χ2n) is 7.25. The Kier molecular flexibility index (Phi) is 5.69. The van der Waals surface area contributed by atoms with Gasteiger partial charge in [-0.3, -0.25) is 15.2 Å². The van der Waals surface area contributed by atoms with Gasteiger partial charge in [0, 0.05) is 37.4 Å². The molecule has 2 aromatic carbocycles. The molecule has 7 heteroatoms. The largest absolute Gasteiger partial charge is 0.492 e. The third kappa shape index (κ3) is 4.52. The number of likely N-dealkylation sites (N-methyl/N-ethyl adjacent to an activating group) is 1. The zero-order valence-electron chi connectivity index (χ0n) is 16.1. The lowest BCUT2D eigenvalue weighted by atomic mass is 10.1. The van der Waals surface area contributed by atoms with Crippen molar-refractivity contribution in [2.24, 2.45) is 0 Å². The van der Waals surface area contributed by atoms with Crippen molar-refractivity contribution in [2.45, 2.75) is 25.0 Å². The Morgan fingerprint density at radius 1 is 1.24 bits per heavy atom. The molecule has 2 atom stereocenters. The summed E-state index contributed by atoms with van der Waals surface area (Å²) in [7, 11) is 1.81. The van der Waals surface area contributed by atoms with Crippen molar-refractivity contribution in [3.05, 3.63) is 72.3 Å². The Balaban J connectivity index is 1.33. The number of benzene rings is 2. The Morgan fingerprint density at radius 3 is 2.97 bits per heavy atom. The van der Waals surface area contributed by atoms with Crippen molar-refractivity contribution >= 4 is 16.7 Å². The third-order valence-electron chi connectivity index (χ3n) is 5.08. The van der Waals surface area contributed by atoms with E-state index in [0.717, 1.165) is 16.3 Å². The average molecular weight is 394 g/mol. The minimum atomic E-state index is -0.335. The van der Waals surface area contributed by atoms with Gasteiger partial charge in [-0.05, 0) is 35.6 Å². The van der Waals surface area contributed by atoms with Crippen molar-refractivity contribution in [1.29, 1.82) is 0 Å². The molecule has 0 saturated carbocycles. The van der Waals surface area contributed by atoms with Gasteiger partial charge in [0.1, 0.15) is 24.2 Å². The molecule has 0 spiro atoms. The van der Waals surface area contributed by atoms with Crippen molar-refractivity contribution in [2.75, 3.05) is 13.7 Å². The predicted octanol–water partition coefficient (Wildman–Crippen LogP) is 2.65. The molecule has 1 fully saturated rings. The first-order valence-corrected chi connectivity index (χ1v) is 9.56. The fraction of sp³-hybridized carbons (Fsp3) is 0.273. The summed E-state index contributed by atoms with van der Waals surface area (Å²) in [4.78, 5) is 18.7. The summed E-state index contributed by atoms with van der Waals surface area (Å²) in [5.41, 5.74) is 7.23. The Morgan fingerprint density at radius 2 is 2.10 bits per heavy atom. The number of rotatable bonds is 6. The number of ether oxygens (including phenoxy) is 1. The van der Waals surface area contributed by atoms with Gasteiger partial charge in [-0.2, -0.15) is 0 Å². The Bertz CT molecular complexity index is 1010. The standard InChI is InChI=1S/C22H23FN4O2/c1-27(13-16-5-2-4-15-12-24-9-8-20(15)16)22(28)21-11-18(25-26-21)14-29-19-7-3-6-17(23)10-19/h2-10,12,18,21,25-26H,11,13-14H2,1H3. The molecule has 1 saturated heterocycles. The minimum Gasteiger partial charge on any atom is -0.492 e. The molecule has 4 rings (SSSR count). The maximum atomic E-state index is 13.2. The molecule has 2 heterocycles. The highest BCUT2D eigenvalue weighted by Crippen LogP contribution is 2.20. The van der Waals surface area contributed by atoms with Gasteiger partial charge in [-0.25, -0.2) is 9.82 Å². The molecule has 2 unspecified atom stereocenters. The number of halogens is 1. The Hall–Kier alpha value is -3.03. The number of aromatic nitrogens is 1. The van der Waals surface area contributed by atoms with Gasteiger partial charge in [-0.15, -0.1) is 0 Å². The van der Waals surface area contributed by atoms with Crippen molar-refractivity contribution in [3.8, 4) is 5.75 Å². The van der Waals surface area contributed by atoms with Crippen LogP contribution >= 0.6 is 0 Å². The molecule has 150 valence electrons. The molecule has 1 aliphatic heterocycles. The van der Waals surface area contributed by atoms with E-state index in [9.17, 15) is 9.18 Å². The van der Waals surface area contributed by atoms with Crippen LogP contribution in [0.2, 0.25) is 0 Å². The second kappa shape index (κ2) is 8.55. The van der Waals surface area contributed by atoms with Crippen LogP contribution in [0.15, 0.2) is 60.9 Å². The van der Waals surface area contributed by atoms with E-state index >= 15 is 0 Å². The first-order valence-electron chi connectivity index (χ1n) is 9.56. The predicted molar refractivity (Wildman–Crippen MR) is 109 cm³/mol.